The van der Waals surface area contributed by atoms with Gasteiger partial charge in [-0.25, -0.2) is 0 Å². The van der Waals surface area contributed by atoms with Crippen molar-refractivity contribution in [2.75, 3.05) is 25.9 Å². The summed E-state index contributed by atoms with van der Waals surface area (Å²) in [5.41, 5.74) is 6.67. The predicted molar refractivity (Wildman–Crippen MR) is 98.6 cm³/mol. The summed E-state index contributed by atoms with van der Waals surface area (Å²) in [7, 11) is 1.53. The average Bonchev–Trinajstić information content (AvgIpc) is 3.26. The number of benzene rings is 1. The summed E-state index contributed by atoms with van der Waals surface area (Å²) in [4.78, 5) is 15.0. The van der Waals surface area contributed by atoms with Gasteiger partial charge in [0.1, 0.15) is 17.4 Å². The van der Waals surface area contributed by atoms with Crippen molar-refractivity contribution in [2.24, 2.45) is 0 Å². The molecule has 1 amide bonds. The Morgan fingerprint density at radius 3 is 2.96 bits per heavy atom. The van der Waals surface area contributed by atoms with Gasteiger partial charge in [0.15, 0.2) is 0 Å². The van der Waals surface area contributed by atoms with Gasteiger partial charge in [0.05, 0.1) is 23.4 Å². The summed E-state index contributed by atoms with van der Waals surface area (Å²) >= 11 is 6.13. The van der Waals surface area contributed by atoms with Gasteiger partial charge in [0, 0.05) is 38.0 Å². The van der Waals surface area contributed by atoms with Gasteiger partial charge in [-0.2, -0.15) is 0 Å². The lowest BCUT2D eigenvalue weighted by Crippen LogP contribution is -2.40. The van der Waals surface area contributed by atoms with Crippen LogP contribution in [0.1, 0.15) is 47.2 Å². The molecule has 0 bridgehead atoms. The van der Waals surface area contributed by atoms with Crippen molar-refractivity contribution in [3.63, 3.8) is 0 Å². The molecule has 3 heterocycles. The zero-order valence-electron chi connectivity index (χ0n) is 14.7. The topological polar surface area (TPSA) is 86.3 Å². The Balaban J connectivity index is 1.58. The highest BCUT2D eigenvalue weighted by atomic mass is 35.5. The van der Waals surface area contributed by atoms with Crippen LogP contribution < -0.4 is 10.5 Å². The summed E-state index contributed by atoms with van der Waals surface area (Å²) in [5.74, 6) is 2.65. The van der Waals surface area contributed by atoms with E-state index in [0.717, 1.165) is 43.9 Å². The first-order chi connectivity index (χ1) is 12.6. The number of amides is 1. The van der Waals surface area contributed by atoms with Gasteiger partial charge in [-0.1, -0.05) is 11.6 Å². The minimum absolute atomic E-state index is 0.0883. The van der Waals surface area contributed by atoms with Gasteiger partial charge in [-0.15, -0.1) is 10.2 Å². The van der Waals surface area contributed by atoms with E-state index in [1.807, 2.05) is 4.90 Å². The number of hydrogen-bond donors (Lipinski definition) is 1. The van der Waals surface area contributed by atoms with E-state index in [1.54, 1.807) is 12.1 Å². The van der Waals surface area contributed by atoms with Gasteiger partial charge in [-0.05, 0) is 25.3 Å². The highest BCUT2D eigenvalue weighted by molar-refractivity contribution is 6.33. The molecule has 0 radical (unpaired) electrons. The van der Waals surface area contributed by atoms with Crippen molar-refractivity contribution < 1.29 is 9.53 Å². The van der Waals surface area contributed by atoms with Crippen LogP contribution in [-0.2, 0) is 13.0 Å². The zero-order valence-corrected chi connectivity index (χ0v) is 15.5. The molecular weight excluding hydrogens is 354 g/mol. The Morgan fingerprint density at radius 1 is 1.31 bits per heavy atom. The SMILES string of the molecule is COc1cc(N)c(Cl)cc1C(=O)N1CCCC(c2nnc3n2CCC3)C1. The van der Waals surface area contributed by atoms with Crippen LogP contribution in [-0.4, -0.2) is 45.8 Å². The fourth-order valence-corrected chi connectivity index (χ4v) is 4.09. The number of nitrogens with two attached hydrogens (primary N) is 1. The van der Waals surface area contributed by atoms with E-state index in [1.165, 1.54) is 7.11 Å². The minimum atomic E-state index is -0.0883. The first-order valence-electron chi connectivity index (χ1n) is 8.92. The van der Waals surface area contributed by atoms with Crippen LogP contribution in [0.5, 0.6) is 5.75 Å². The Morgan fingerprint density at radius 2 is 2.15 bits per heavy atom. The predicted octanol–water partition coefficient (Wildman–Crippen LogP) is 2.49. The van der Waals surface area contributed by atoms with Crippen LogP contribution >= 0.6 is 11.6 Å². The molecule has 1 saturated heterocycles. The molecule has 8 heteroatoms. The molecule has 26 heavy (non-hydrogen) atoms. The molecule has 0 aliphatic carbocycles. The van der Waals surface area contributed by atoms with Crippen LogP contribution in [0.15, 0.2) is 12.1 Å². The van der Waals surface area contributed by atoms with E-state index >= 15 is 0 Å². The summed E-state index contributed by atoms with van der Waals surface area (Å²) < 4.78 is 7.56. The Kier molecular flexibility index (Phi) is 4.48. The maximum Gasteiger partial charge on any atom is 0.257 e. The van der Waals surface area contributed by atoms with Crippen molar-refractivity contribution in [3.05, 3.63) is 34.4 Å². The molecule has 1 aromatic carbocycles. The molecule has 2 aliphatic rings. The van der Waals surface area contributed by atoms with Gasteiger partial charge >= 0.3 is 0 Å². The highest BCUT2D eigenvalue weighted by Gasteiger charge is 2.31. The number of piperidine rings is 1. The number of rotatable bonds is 3. The third-order valence-corrected chi connectivity index (χ3v) is 5.59. The molecule has 2 aromatic rings. The molecule has 138 valence electrons. The molecule has 4 rings (SSSR count). The van der Waals surface area contributed by atoms with Crippen molar-refractivity contribution in [1.82, 2.24) is 19.7 Å². The first kappa shape index (κ1) is 17.1. The largest absolute Gasteiger partial charge is 0.496 e. The Hall–Kier alpha value is -2.28. The molecule has 1 atom stereocenters. The fourth-order valence-electron chi connectivity index (χ4n) is 3.92. The maximum atomic E-state index is 13.1. The normalized spacial score (nSPS) is 19.5. The van der Waals surface area contributed by atoms with Gasteiger partial charge < -0.3 is 19.9 Å². The number of ether oxygens (including phenoxy) is 1. The van der Waals surface area contributed by atoms with Crippen LogP contribution in [0.25, 0.3) is 0 Å². The monoisotopic (exact) mass is 375 g/mol. The van der Waals surface area contributed by atoms with E-state index < -0.39 is 0 Å². The maximum absolute atomic E-state index is 13.1. The number of carbonyl (C=O) groups excluding carboxylic acids is 1. The van der Waals surface area contributed by atoms with Gasteiger partial charge in [0.25, 0.3) is 5.91 Å². The number of nitrogens with zero attached hydrogens (tertiary/aromatic N) is 4. The van der Waals surface area contributed by atoms with Crippen LogP contribution in [0, 0.1) is 0 Å². The molecule has 7 nitrogen and oxygen atoms in total. The second-order valence-corrected chi connectivity index (χ2v) is 7.30. The van der Waals surface area contributed by atoms with Crippen LogP contribution in [0.2, 0.25) is 5.02 Å². The first-order valence-corrected chi connectivity index (χ1v) is 9.30. The lowest BCUT2D eigenvalue weighted by Gasteiger charge is -2.32. The third-order valence-electron chi connectivity index (χ3n) is 5.26. The van der Waals surface area contributed by atoms with E-state index in [0.29, 0.717) is 35.1 Å². The smallest absolute Gasteiger partial charge is 0.257 e. The molecule has 1 unspecified atom stereocenters. The molecular formula is C18H22ClN5O2. The van der Waals surface area contributed by atoms with Crippen molar-refractivity contribution >= 4 is 23.2 Å². The number of carbonyl (C=O) groups is 1. The Bertz CT molecular complexity index is 850. The van der Waals surface area contributed by atoms with Gasteiger partial charge in [0.2, 0.25) is 0 Å². The summed E-state index contributed by atoms with van der Waals surface area (Å²) in [6.45, 7) is 2.31. The number of fused-ring (bicyclic) bond motifs is 1. The van der Waals surface area contributed by atoms with Crippen molar-refractivity contribution in [1.29, 1.82) is 0 Å². The number of aryl methyl sites for hydroxylation is 1. The number of halogens is 1. The van der Waals surface area contributed by atoms with Gasteiger partial charge in [-0.3, -0.25) is 4.79 Å². The lowest BCUT2D eigenvalue weighted by molar-refractivity contribution is 0.0700. The second-order valence-electron chi connectivity index (χ2n) is 6.89. The number of aromatic nitrogens is 3. The molecule has 2 aliphatic heterocycles. The number of likely N-dealkylation sites (tertiary alicyclic amines) is 1. The Labute approximate surface area is 157 Å². The quantitative estimate of drug-likeness (QED) is 0.833. The highest BCUT2D eigenvalue weighted by Crippen LogP contribution is 2.33. The number of methoxy groups -OCH3 is 1. The minimum Gasteiger partial charge on any atom is -0.496 e. The molecule has 0 spiro atoms. The van der Waals surface area contributed by atoms with Crippen molar-refractivity contribution in [2.45, 2.75) is 38.1 Å². The number of nitrogen functional groups attached to an aromatic ring is 1. The van der Waals surface area contributed by atoms with Crippen molar-refractivity contribution in [3.8, 4) is 5.75 Å². The van der Waals surface area contributed by atoms with Crippen LogP contribution in [0.4, 0.5) is 5.69 Å². The average molecular weight is 376 g/mol. The number of hydrogen-bond acceptors (Lipinski definition) is 5. The summed E-state index contributed by atoms with van der Waals surface area (Å²) in [6.07, 6.45) is 4.06. The molecule has 2 N–H and O–H groups in total. The number of anilines is 1. The lowest BCUT2D eigenvalue weighted by atomic mass is 9.96. The molecule has 0 saturated carbocycles. The molecule has 1 aromatic heterocycles. The summed E-state index contributed by atoms with van der Waals surface area (Å²) in [5, 5.41) is 9.07. The summed E-state index contributed by atoms with van der Waals surface area (Å²) in [6, 6.07) is 3.19. The second kappa shape index (κ2) is 6.79. The fraction of sp³-hybridized carbons (Fsp3) is 0.500. The zero-order chi connectivity index (χ0) is 18.3. The van der Waals surface area contributed by atoms with E-state index in [4.69, 9.17) is 22.1 Å². The standard InChI is InChI=1S/C18H22ClN5O2/c1-26-15-9-14(20)13(19)8-12(15)18(25)23-6-2-4-11(10-23)17-22-21-16-5-3-7-24(16)17/h8-9,11H,2-7,10,20H2,1H3. The third kappa shape index (κ3) is 2.90. The van der Waals surface area contributed by atoms with E-state index in [-0.39, 0.29) is 11.8 Å². The molecule has 1 fully saturated rings. The van der Waals surface area contributed by atoms with E-state index in [2.05, 4.69) is 14.8 Å². The van der Waals surface area contributed by atoms with E-state index in [9.17, 15) is 4.79 Å². The van der Waals surface area contributed by atoms with Crippen LogP contribution in [0.3, 0.4) is 0 Å².